The summed E-state index contributed by atoms with van der Waals surface area (Å²) in [5, 5.41) is 12.2. The molecule has 0 amide bonds. The summed E-state index contributed by atoms with van der Waals surface area (Å²) in [5.74, 6) is -1.32. The minimum atomic E-state index is -1.32. The number of carboxylic acids is 1. The molecular weight excluding hydrogens is 174 g/mol. The molecule has 0 fully saturated rings. The molecule has 0 aliphatic carbocycles. The summed E-state index contributed by atoms with van der Waals surface area (Å²) < 4.78 is 1.30. The molecule has 13 heavy (non-hydrogen) atoms. The van der Waals surface area contributed by atoms with Gasteiger partial charge in [-0.05, 0) is 0 Å². The zero-order valence-electron chi connectivity index (χ0n) is 6.39. The number of H-pyrrole nitrogens is 1. The lowest BCUT2D eigenvalue weighted by Crippen LogP contribution is -2.18. The smallest absolute Gasteiger partial charge is 0.360 e. The topological polar surface area (TPSA) is 87.5 Å². The Morgan fingerprint density at radius 3 is 3.08 bits per heavy atom. The Labute approximate surface area is 71.4 Å². The van der Waals surface area contributed by atoms with Gasteiger partial charge in [0, 0.05) is 18.5 Å². The van der Waals surface area contributed by atoms with Crippen molar-refractivity contribution in [2.45, 2.75) is 0 Å². The van der Waals surface area contributed by atoms with E-state index in [-0.39, 0.29) is 0 Å². The van der Waals surface area contributed by atoms with Crippen LogP contribution < -0.4 is 5.43 Å². The Morgan fingerprint density at radius 2 is 2.38 bits per heavy atom. The highest BCUT2D eigenvalue weighted by atomic mass is 16.4. The number of aromatic nitrogens is 3. The van der Waals surface area contributed by atoms with Crippen LogP contribution in [0.5, 0.6) is 0 Å². The van der Waals surface area contributed by atoms with Crippen molar-refractivity contribution in [2.24, 2.45) is 0 Å². The Balaban J connectivity index is 2.84. The lowest BCUT2D eigenvalue weighted by atomic mass is 10.4. The molecule has 6 heteroatoms. The van der Waals surface area contributed by atoms with Gasteiger partial charge in [-0.2, -0.15) is 5.10 Å². The largest absolute Gasteiger partial charge is 0.476 e. The standard InChI is InChI=1S/C7H5N3O3/c11-4-3-5-8-1-2-10(5)9-6(4)7(12)13/h1-3,8H,(H,12,13). The van der Waals surface area contributed by atoms with Crippen LogP contribution in [0.3, 0.4) is 0 Å². The quantitative estimate of drug-likeness (QED) is 0.630. The van der Waals surface area contributed by atoms with E-state index >= 15 is 0 Å². The van der Waals surface area contributed by atoms with Gasteiger partial charge in [-0.25, -0.2) is 9.31 Å². The third kappa shape index (κ3) is 1.08. The molecule has 0 saturated carbocycles. The number of fused-ring (bicyclic) bond motifs is 1. The van der Waals surface area contributed by atoms with Gasteiger partial charge in [0.2, 0.25) is 11.1 Å². The van der Waals surface area contributed by atoms with Gasteiger partial charge in [0.15, 0.2) is 0 Å². The lowest BCUT2D eigenvalue weighted by molar-refractivity contribution is 0.0687. The summed E-state index contributed by atoms with van der Waals surface area (Å²) in [6.07, 6.45) is 3.09. The van der Waals surface area contributed by atoms with Crippen molar-refractivity contribution in [3.63, 3.8) is 0 Å². The highest BCUT2D eigenvalue weighted by Crippen LogP contribution is 1.94. The van der Waals surface area contributed by atoms with Crippen LogP contribution in [0.2, 0.25) is 0 Å². The second kappa shape index (κ2) is 2.44. The number of imidazole rings is 1. The fraction of sp³-hybridized carbons (Fsp3) is 0. The van der Waals surface area contributed by atoms with Crippen LogP contribution >= 0.6 is 0 Å². The van der Waals surface area contributed by atoms with Gasteiger partial charge >= 0.3 is 5.97 Å². The predicted octanol–water partition coefficient (Wildman–Crippen LogP) is -0.279. The SMILES string of the molecule is O=C(O)c1nn2cc[nH]c2cc1=O. The molecule has 66 valence electrons. The van der Waals surface area contributed by atoms with Gasteiger partial charge in [0.05, 0.1) is 0 Å². The molecule has 2 N–H and O–H groups in total. The molecule has 0 bridgehead atoms. The average Bonchev–Trinajstić information content (AvgIpc) is 2.48. The van der Waals surface area contributed by atoms with Crippen molar-refractivity contribution in [1.29, 1.82) is 0 Å². The fourth-order valence-corrected chi connectivity index (χ4v) is 1.03. The molecule has 0 radical (unpaired) electrons. The molecular formula is C7H5N3O3. The maximum atomic E-state index is 11.1. The Kier molecular flexibility index (Phi) is 1.42. The molecule has 0 saturated heterocycles. The first-order valence-corrected chi connectivity index (χ1v) is 3.49. The maximum absolute atomic E-state index is 11.1. The van der Waals surface area contributed by atoms with E-state index in [1.54, 1.807) is 6.20 Å². The summed E-state index contributed by atoms with van der Waals surface area (Å²) in [6, 6.07) is 1.19. The minimum Gasteiger partial charge on any atom is -0.476 e. The second-order valence-corrected chi connectivity index (χ2v) is 2.45. The molecule has 6 nitrogen and oxygen atoms in total. The molecule has 0 aliphatic rings. The third-order valence-electron chi connectivity index (χ3n) is 1.61. The molecule has 2 aromatic heterocycles. The van der Waals surface area contributed by atoms with E-state index in [1.807, 2.05) is 0 Å². The van der Waals surface area contributed by atoms with Crippen molar-refractivity contribution in [1.82, 2.24) is 14.6 Å². The summed E-state index contributed by atoms with van der Waals surface area (Å²) in [7, 11) is 0. The number of carbonyl (C=O) groups is 1. The average molecular weight is 179 g/mol. The number of nitrogens with zero attached hydrogens (tertiary/aromatic N) is 2. The third-order valence-corrected chi connectivity index (χ3v) is 1.61. The van der Waals surface area contributed by atoms with Crippen LogP contribution in [0.1, 0.15) is 10.5 Å². The normalized spacial score (nSPS) is 10.5. The molecule has 0 aliphatic heterocycles. The van der Waals surface area contributed by atoms with Crippen molar-refractivity contribution < 1.29 is 9.90 Å². The Morgan fingerprint density at radius 1 is 1.62 bits per heavy atom. The van der Waals surface area contributed by atoms with Crippen LogP contribution in [0.25, 0.3) is 5.65 Å². The number of hydrogen-bond donors (Lipinski definition) is 2. The number of carboxylic acid groups (broad SMARTS) is 1. The lowest BCUT2D eigenvalue weighted by Gasteiger charge is -1.93. The van der Waals surface area contributed by atoms with E-state index in [2.05, 4.69) is 10.1 Å². The fourth-order valence-electron chi connectivity index (χ4n) is 1.03. The Bertz CT molecular complexity index is 525. The van der Waals surface area contributed by atoms with Gasteiger partial charge in [0.1, 0.15) is 5.65 Å². The first-order chi connectivity index (χ1) is 6.18. The van der Waals surface area contributed by atoms with E-state index in [0.717, 1.165) is 0 Å². The summed E-state index contributed by atoms with van der Waals surface area (Å²) in [6.45, 7) is 0. The van der Waals surface area contributed by atoms with Gasteiger partial charge in [-0.15, -0.1) is 0 Å². The highest BCUT2D eigenvalue weighted by Gasteiger charge is 2.11. The van der Waals surface area contributed by atoms with Crippen molar-refractivity contribution >= 4 is 11.6 Å². The molecule has 2 aromatic rings. The molecule has 0 spiro atoms. The van der Waals surface area contributed by atoms with Crippen LogP contribution in [0.15, 0.2) is 23.3 Å². The highest BCUT2D eigenvalue weighted by molar-refractivity contribution is 5.85. The van der Waals surface area contributed by atoms with E-state index < -0.39 is 17.1 Å². The number of aromatic carboxylic acids is 1. The minimum absolute atomic E-state index is 0.468. The number of rotatable bonds is 1. The van der Waals surface area contributed by atoms with Gasteiger partial charge < -0.3 is 10.1 Å². The molecule has 0 aromatic carbocycles. The number of nitrogens with one attached hydrogen (secondary N) is 1. The van der Waals surface area contributed by atoms with Gasteiger partial charge in [-0.1, -0.05) is 0 Å². The monoisotopic (exact) mass is 179 g/mol. The van der Waals surface area contributed by atoms with E-state index in [9.17, 15) is 9.59 Å². The van der Waals surface area contributed by atoms with Crippen LogP contribution in [0, 0.1) is 0 Å². The zero-order chi connectivity index (χ0) is 9.42. The van der Waals surface area contributed by atoms with E-state index in [1.165, 1.54) is 16.8 Å². The van der Waals surface area contributed by atoms with Crippen molar-refractivity contribution in [3.8, 4) is 0 Å². The zero-order valence-corrected chi connectivity index (χ0v) is 6.39. The van der Waals surface area contributed by atoms with E-state index in [4.69, 9.17) is 5.11 Å². The summed E-state index contributed by atoms with van der Waals surface area (Å²) >= 11 is 0. The van der Waals surface area contributed by atoms with Crippen LogP contribution in [-0.2, 0) is 0 Å². The maximum Gasteiger partial charge on any atom is 0.360 e. The summed E-state index contributed by atoms with van der Waals surface area (Å²) in [5.41, 5.74) is -0.609. The molecule has 0 unspecified atom stereocenters. The molecule has 2 rings (SSSR count). The first-order valence-electron chi connectivity index (χ1n) is 3.49. The van der Waals surface area contributed by atoms with Crippen LogP contribution in [-0.4, -0.2) is 25.7 Å². The molecule has 2 heterocycles. The molecule has 0 atom stereocenters. The van der Waals surface area contributed by atoms with Crippen molar-refractivity contribution in [2.75, 3.05) is 0 Å². The summed E-state index contributed by atoms with van der Waals surface area (Å²) in [4.78, 5) is 24.3. The number of hydrogen-bond acceptors (Lipinski definition) is 3. The van der Waals surface area contributed by atoms with Gasteiger partial charge in [-0.3, -0.25) is 4.79 Å². The van der Waals surface area contributed by atoms with Crippen molar-refractivity contribution in [3.05, 3.63) is 34.4 Å². The number of aromatic amines is 1. The Hall–Kier alpha value is -2.11. The predicted molar refractivity (Wildman–Crippen MR) is 42.8 cm³/mol. The van der Waals surface area contributed by atoms with Crippen LogP contribution in [0.4, 0.5) is 0 Å². The first kappa shape index (κ1) is 7.53. The van der Waals surface area contributed by atoms with E-state index in [0.29, 0.717) is 5.65 Å². The van der Waals surface area contributed by atoms with Gasteiger partial charge in [0.25, 0.3) is 0 Å². The second-order valence-electron chi connectivity index (χ2n) is 2.45.